The lowest BCUT2D eigenvalue weighted by Crippen LogP contribution is -2.39. The number of para-hydroxylation sites is 1. The smallest absolute Gasteiger partial charge is 0.269 e. The Labute approximate surface area is 144 Å². The molecule has 7 heteroatoms. The van der Waals surface area contributed by atoms with E-state index in [-0.39, 0.29) is 12.5 Å². The average Bonchev–Trinajstić information content (AvgIpc) is 3.09. The highest BCUT2D eigenvalue weighted by molar-refractivity contribution is 6.38. The third-order valence-corrected chi connectivity index (χ3v) is 4.56. The molecule has 0 radical (unpaired) electrons. The molecule has 0 saturated carbocycles. The van der Waals surface area contributed by atoms with E-state index in [1.54, 1.807) is 42.7 Å². The Bertz CT molecular complexity index is 872. The van der Waals surface area contributed by atoms with Gasteiger partial charge in [0.1, 0.15) is 11.3 Å². The van der Waals surface area contributed by atoms with E-state index in [1.165, 1.54) is 0 Å². The van der Waals surface area contributed by atoms with Crippen molar-refractivity contribution < 1.29 is 9.90 Å². The Morgan fingerprint density at radius 1 is 1.38 bits per heavy atom. The van der Waals surface area contributed by atoms with Crippen LogP contribution in [-0.4, -0.2) is 31.9 Å². The molecule has 24 heavy (non-hydrogen) atoms. The van der Waals surface area contributed by atoms with Gasteiger partial charge in [-0.3, -0.25) is 9.48 Å². The number of aryl methyl sites for hydroxylation is 2. The highest BCUT2D eigenvalue weighted by Crippen LogP contribution is 2.29. The molecule has 1 amide bonds. The summed E-state index contributed by atoms with van der Waals surface area (Å²) >= 11 is 6.37. The molecule has 0 fully saturated rings. The van der Waals surface area contributed by atoms with Crippen LogP contribution in [-0.2, 0) is 19.7 Å². The van der Waals surface area contributed by atoms with Gasteiger partial charge in [-0.2, -0.15) is 5.10 Å². The van der Waals surface area contributed by atoms with Crippen LogP contribution in [0.25, 0.3) is 10.9 Å². The molecule has 126 valence electrons. The van der Waals surface area contributed by atoms with Crippen LogP contribution >= 0.6 is 11.6 Å². The van der Waals surface area contributed by atoms with Crippen molar-refractivity contribution in [3.63, 3.8) is 0 Å². The molecule has 1 unspecified atom stereocenters. The number of amides is 1. The van der Waals surface area contributed by atoms with E-state index >= 15 is 0 Å². The monoisotopic (exact) mass is 346 g/mol. The molecule has 3 rings (SSSR count). The number of nitrogens with one attached hydrogen (secondary N) is 1. The molecular formula is C17H19ClN4O2. The summed E-state index contributed by atoms with van der Waals surface area (Å²) in [7, 11) is 3.57. The van der Waals surface area contributed by atoms with Gasteiger partial charge in [0.05, 0.1) is 17.8 Å². The maximum atomic E-state index is 12.6. The van der Waals surface area contributed by atoms with Crippen LogP contribution in [0.3, 0.4) is 0 Å². The summed E-state index contributed by atoms with van der Waals surface area (Å²) in [6.07, 6.45) is 3.30. The quantitative estimate of drug-likeness (QED) is 0.760. The van der Waals surface area contributed by atoms with Crippen LogP contribution in [0.15, 0.2) is 36.7 Å². The summed E-state index contributed by atoms with van der Waals surface area (Å²) in [5.41, 5.74) is 0.668. The zero-order valence-corrected chi connectivity index (χ0v) is 14.5. The summed E-state index contributed by atoms with van der Waals surface area (Å²) in [6.45, 7) is 1.68. The van der Waals surface area contributed by atoms with Gasteiger partial charge in [-0.15, -0.1) is 0 Å². The fourth-order valence-corrected chi connectivity index (χ4v) is 3.11. The number of carbonyl (C=O) groups excluding carboxylic acids is 1. The molecule has 3 aromatic rings. The lowest BCUT2D eigenvalue weighted by Gasteiger charge is -2.22. The molecule has 2 aromatic heterocycles. The summed E-state index contributed by atoms with van der Waals surface area (Å²) in [4.78, 5) is 12.6. The topological polar surface area (TPSA) is 72.1 Å². The van der Waals surface area contributed by atoms with E-state index in [2.05, 4.69) is 10.4 Å². The Kier molecular flexibility index (Phi) is 4.11. The van der Waals surface area contributed by atoms with E-state index < -0.39 is 5.60 Å². The molecule has 0 saturated heterocycles. The second-order valence-corrected chi connectivity index (χ2v) is 6.48. The Morgan fingerprint density at radius 3 is 2.71 bits per heavy atom. The van der Waals surface area contributed by atoms with Crippen molar-refractivity contribution >= 4 is 28.4 Å². The Hall–Kier alpha value is -2.31. The number of aliphatic hydroxyl groups is 1. The molecule has 6 nitrogen and oxygen atoms in total. The third kappa shape index (κ3) is 2.79. The fourth-order valence-electron chi connectivity index (χ4n) is 2.74. The number of hydrogen-bond donors (Lipinski definition) is 2. The minimum atomic E-state index is -1.22. The third-order valence-electron chi connectivity index (χ3n) is 4.18. The van der Waals surface area contributed by atoms with E-state index in [0.717, 1.165) is 10.9 Å². The van der Waals surface area contributed by atoms with E-state index in [1.807, 2.05) is 24.3 Å². The number of rotatable bonds is 4. The number of halogens is 1. The van der Waals surface area contributed by atoms with Crippen molar-refractivity contribution in [2.24, 2.45) is 14.1 Å². The average molecular weight is 347 g/mol. The number of carbonyl (C=O) groups is 1. The number of nitrogens with zero attached hydrogens (tertiary/aromatic N) is 3. The molecule has 2 heterocycles. The second-order valence-electron chi connectivity index (χ2n) is 6.10. The maximum Gasteiger partial charge on any atom is 0.269 e. The second kappa shape index (κ2) is 5.96. The molecule has 1 aromatic carbocycles. The van der Waals surface area contributed by atoms with Gasteiger partial charge in [0, 0.05) is 36.8 Å². The molecule has 0 aliphatic rings. The summed E-state index contributed by atoms with van der Waals surface area (Å²) in [6, 6.07) is 7.56. The molecule has 0 aliphatic heterocycles. The Balaban J connectivity index is 1.83. The highest BCUT2D eigenvalue weighted by atomic mass is 35.5. The van der Waals surface area contributed by atoms with Gasteiger partial charge in [-0.05, 0) is 13.0 Å². The molecule has 0 bridgehead atoms. The molecular weight excluding hydrogens is 328 g/mol. The number of benzene rings is 1. The van der Waals surface area contributed by atoms with Crippen LogP contribution in [0, 0.1) is 0 Å². The summed E-state index contributed by atoms with van der Waals surface area (Å²) < 4.78 is 3.36. The first-order valence-corrected chi connectivity index (χ1v) is 7.91. The number of fused-ring (bicyclic) bond motifs is 1. The summed E-state index contributed by atoms with van der Waals surface area (Å²) in [5.74, 6) is -0.331. The van der Waals surface area contributed by atoms with Gasteiger partial charge in [0.25, 0.3) is 5.91 Å². The predicted molar refractivity (Wildman–Crippen MR) is 93.0 cm³/mol. The molecule has 1 atom stereocenters. The van der Waals surface area contributed by atoms with Gasteiger partial charge in [0.15, 0.2) is 0 Å². The van der Waals surface area contributed by atoms with Crippen LogP contribution in [0.4, 0.5) is 0 Å². The first-order chi connectivity index (χ1) is 11.3. The van der Waals surface area contributed by atoms with Crippen molar-refractivity contribution in [1.29, 1.82) is 0 Å². The van der Waals surface area contributed by atoms with E-state index in [0.29, 0.717) is 16.3 Å². The van der Waals surface area contributed by atoms with E-state index in [4.69, 9.17) is 11.6 Å². The normalized spacial score (nSPS) is 13.9. The van der Waals surface area contributed by atoms with Gasteiger partial charge < -0.3 is 15.0 Å². The minimum Gasteiger partial charge on any atom is -0.383 e. The van der Waals surface area contributed by atoms with Crippen molar-refractivity contribution in [3.8, 4) is 0 Å². The van der Waals surface area contributed by atoms with Crippen molar-refractivity contribution in [3.05, 3.63) is 52.9 Å². The zero-order chi connectivity index (χ0) is 17.5. The highest BCUT2D eigenvalue weighted by Gasteiger charge is 2.27. The molecule has 2 N–H and O–H groups in total. The zero-order valence-electron chi connectivity index (χ0n) is 13.7. The maximum absolute atomic E-state index is 12.6. The standard InChI is InChI=1S/C17H19ClN4O2/c1-17(24,11-8-20-21(2)9-11)10-19-16(23)15-14(18)12-6-4-5-7-13(12)22(15)3/h4-9,24H,10H2,1-3H3,(H,19,23). The fraction of sp³-hybridized carbons (Fsp3) is 0.294. The van der Waals surface area contributed by atoms with E-state index in [9.17, 15) is 9.90 Å². The van der Waals surface area contributed by atoms with Gasteiger partial charge in [-0.1, -0.05) is 29.8 Å². The van der Waals surface area contributed by atoms with Crippen LogP contribution in [0.1, 0.15) is 23.0 Å². The first-order valence-electron chi connectivity index (χ1n) is 7.54. The van der Waals surface area contributed by atoms with Crippen LogP contribution in [0.2, 0.25) is 5.02 Å². The van der Waals surface area contributed by atoms with Crippen molar-refractivity contribution in [2.45, 2.75) is 12.5 Å². The van der Waals surface area contributed by atoms with Crippen LogP contribution in [0.5, 0.6) is 0 Å². The van der Waals surface area contributed by atoms with Crippen molar-refractivity contribution in [1.82, 2.24) is 19.7 Å². The number of hydrogen-bond acceptors (Lipinski definition) is 3. The first kappa shape index (κ1) is 16.5. The Morgan fingerprint density at radius 2 is 2.08 bits per heavy atom. The van der Waals surface area contributed by atoms with Crippen molar-refractivity contribution in [2.75, 3.05) is 6.54 Å². The molecule has 0 aliphatic carbocycles. The number of aromatic nitrogens is 3. The molecule has 0 spiro atoms. The van der Waals surface area contributed by atoms with Gasteiger partial charge in [0.2, 0.25) is 0 Å². The van der Waals surface area contributed by atoms with Gasteiger partial charge in [-0.25, -0.2) is 0 Å². The lowest BCUT2D eigenvalue weighted by atomic mass is 10.00. The van der Waals surface area contributed by atoms with Crippen LogP contribution < -0.4 is 5.32 Å². The lowest BCUT2D eigenvalue weighted by molar-refractivity contribution is 0.0523. The SMILES string of the molecule is Cn1cc(C(C)(O)CNC(=O)c2c(Cl)c3ccccc3n2C)cn1. The summed E-state index contributed by atoms with van der Waals surface area (Å²) in [5, 5.41) is 18.6. The minimum absolute atomic E-state index is 0.0510. The largest absolute Gasteiger partial charge is 0.383 e. The predicted octanol–water partition coefficient (Wildman–Crippen LogP) is 2.20. The van der Waals surface area contributed by atoms with Gasteiger partial charge >= 0.3 is 0 Å².